The summed E-state index contributed by atoms with van der Waals surface area (Å²) in [6, 6.07) is 2.86. The summed E-state index contributed by atoms with van der Waals surface area (Å²) in [4.78, 5) is 3.77. The molecule has 0 bridgehead atoms. The summed E-state index contributed by atoms with van der Waals surface area (Å²) in [5.41, 5.74) is -0.408. The molecule has 0 aromatic carbocycles. The van der Waals surface area contributed by atoms with E-state index in [1.54, 1.807) is 0 Å². The molecule has 2 nitrogen and oxygen atoms in total. The molecule has 0 amide bonds. The Morgan fingerprint density at radius 2 is 2.08 bits per heavy atom. The highest BCUT2D eigenvalue weighted by Crippen LogP contribution is 2.17. The van der Waals surface area contributed by atoms with E-state index in [9.17, 15) is 4.39 Å². The molecule has 0 unspecified atom stereocenters. The van der Waals surface area contributed by atoms with Gasteiger partial charge in [-0.2, -0.15) is 0 Å². The maximum Gasteiger partial charge on any atom is 0.250 e. The quantitative estimate of drug-likeness (QED) is 0.644. The lowest BCUT2D eigenvalue weighted by Gasteiger charge is -2.20. The highest BCUT2D eigenvalue weighted by Gasteiger charge is 2.14. The number of pyridine rings is 1. The van der Waals surface area contributed by atoms with E-state index in [0.717, 1.165) is 0 Å². The van der Waals surface area contributed by atoms with Gasteiger partial charge in [-0.15, -0.1) is 0 Å². The molecule has 0 aliphatic heterocycles. The molecule has 0 fully saturated rings. The number of hydrogen-bond donors (Lipinski definition) is 0. The number of hydrogen-bond acceptors (Lipinski definition) is 2. The maximum absolute atomic E-state index is 12.9. The van der Waals surface area contributed by atoms with Crippen molar-refractivity contribution in [3.8, 4) is 5.88 Å². The molecule has 0 N–H and O–H groups in total. The van der Waals surface area contributed by atoms with Crippen LogP contribution in [0.15, 0.2) is 18.3 Å². The molecule has 0 saturated heterocycles. The van der Waals surface area contributed by atoms with Gasteiger partial charge in [-0.3, -0.25) is 0 Å². The summed E-state index contributed by atoms with van der Waals surface area (Å²) in [6.45, 7) is 5.54. The fourth-order valence-electron chi connectivity index (χ4n) is 0.736. The highest BCUT2D eigenvalue weighted by molar-refractivity contribution is 5.13. The van der Waals surface area contributed by atoms with Gasteiger partial charge in [0, 0.05) is 6.20 Å². The Balaban J connectivity index is 2.83. The van der Waals surface area contributed by atoms with E-state index >= 15 is 0 Å². The molecule has 0 aliphatic rings. The van der Waals surface area contributed by atoms with Crippen molar-refractivity contribution in [1.29, 1.82) is 0 Å². The van der Waals surface area contributed by atoms with E-state index in [4.69, 9.17) is 4.74 Å². The van der Waals surface area contributed by atoms with Crippen LogP contribution in [0.1, 0.15) is 20.8 Å². The molecule has 3 heteroatoms. The zero-order valence-corrected chi connectivity index (χ0v) is 7.47. The third-order valence-electron chi connectivity index (χ3n) is 1.13. The Hall–Kier alpha value is -1.12. The van der Waals surface area contributed by atoms with E-state index in [1.165, 1.54) is 18.3 Å². The van der Waals surface area contributed by atoms with Crippen molar-refractivity contribution < 1.29 is 9.13 Å². The van der Waals surface area contributed by atoms with Crippen molar-refractivity contribution in [1.82, 2.24) is 4.98 Å². The smallest absolute Gasteiger partial charge is 0.250 e. The summed E-state index contributed by atoms with van der Waals surface area (Å²) in [5, 5.41) is 0. The molecule has 0 radical (unpaired) electrons. The molecular formula is C9H12FNO. The van der Waals surface area contributed by atoms with E-state index in [-0.39, 0.29) is 5.88 Å². The van der Waals surface area contributed by atoms with Gasteiger partial charge in [0.15, 0.2) is 5.82 Å². The maximum atomic E-state index is 12.9. The first-order valence-electron chi connectivity index (χ1n) is 3.78. The van der Waals surface area contributed by atoms with Crippen LogP contribution < -0.4 is 4.74 Å². The monoisotopic (exact) mass is 169 g/mol. The molecule has 1 rings (SSSR count). The van der Waals surface area contributed by atoms with Crippen LogP contribution in [0.2, 0.25) is 0 Å². The lowest BCUT2D eigenvalue weighted by atomic mass is 10.2. The second-order valence-corrected chi connectivity index (χ2v) is 3.50. The predicted molar refractivity (Wildman–Crippen MR) is 44.6 cm³/mol. The fourth-order valence-corrected chi connectivity index (χ4v) is 0.736. The second-order valence-electron chi connectivity index (χ2n) is 3.50. The lowest BCUT2D eigenvalue weighted by molar-refractivity contribution is 0.117. The van der Waals surface area contributed by atoms with Gasteiger partial charge in [0.25, 0.3) is 5.88 Å². The summed E-state index contributed by atoms with van der Waals surface area (Å²) in [5.74, 6) is -0.363. The van der Waals surface area contributed by atoms with Crippen LogP contribution in [0, 0.1) is 5.82 Å². The summed E-state index contributed by atoms with van der Waals surface area (Å²) < 4.78 is 18.2. The third-order valence-corrected chi connectivity index (χ3v) is 1.13. The Morgan fingerprint density at radius 3 is 2.58 bits per heavy atom. The molecule has 0 aliphatic carbocycles. The van der Waals surface area contributed by atoms with Gasteiger partial charge in [0.2, 0.25) is 0 Å². The molecular weight excluding hydrogens is 157 g/mol. The van der Waals surface area contributed by atoms with Gasteiger partial charge in [0.05, 0.1) is 0 Å². The standard InChI is InChI=1S/C9H12FNO/c1-9(2,3)12-8-7(10)5-4-6-11-8/h4-6H,1-3H3. The number of halogens is 1. The topological polar surface area (TPSA) is 22.1 Å². The van der Waals surface area contributed by atoms with Crippen molar-refractivity contribution in [2.75, 3.05) is 0 Å². The minimum atomic E-state index is -0.424. The van der Waals surface area contributed by atoms with Gasteiger partial charge >= 0.3 is 0 Å². The average Bonchev–Trinajstić information content (AvgIpc) is 1.91. The highest BCUT2D eigenvalue weighted by atomic mass is 19.1. The predicted octanol–water partition coefficient (Wildman–Crippen LogP) is 2.40. The van der Waals surface area contributed by atoms with Crippen molar-refractivity contribution in [3.05, 3.63) is 24.1 Å². The number of aromatic nitrogens is 1. The van der Waals surface area contributed by atoms with Crippen LogP contribution in [0.25, 0.3) is 0 Å². The van der Waals surface area contributed by atoms with Crippen molar-refractivity contribution in [2.45, 2.75) is 26.4 Å². The first-order valence-corrected chi connectivity index (χ1v) is 3.78. The van der Waals surface area contributed by atoms with Gasteiger partial charge < -0.3 is 4.74 Å². The number of nitrogens with zero attached hydrogens (tertiary/aromatic N) is 1. The minimum absolute atomic E-state index is 0.0602. The molecule has 1 aromatic heterocycles. The lowest BCUT2D eigenvalue weighted by Crippen LogP contribution is -2.24. The Bertz CT molecular complexity index is 267. The van der Waals surface area contributed by atoms with Crippen LogP contribution in [-0.4, -0.2) is 10.6 Å². The molecule has 66 valence electrons. The molecule has 0 saturated carbocycles. The number of rotatable bonds is 1. The van der Waals surface area contributed by atoms with Crippen molar-refractivity contribution in [2.24, 2.45) is 0 Å². The summed E-state index contributed by atoms with van der Waals surface area (Å²) in [6.07, 6.45) is 1.50. The average molecular weight is 169 g/mol. The summed E-state index contributed by atoms with van der Waals surface area (Å²) >= 11 is 0. The largest absolute Gasteiger partial charge is 0.470 e. The zero-order chi connectivity index (χ0) is 9.19. The first kappa shape index (κ1) is 8.97. The fraction of sp³-hybridized carbons (Fsp3) is 0.444. The van der Waals surface area contributed by atoms with Crippen LogP contribution in [0.3, 0.4) is 0 Å². The summed E-state index contributed by atoms with van der Waals surface area (Å²) in [7, 11) is 0. The van der Waals surface area contributed by atoms with Gasteiger partial charge in [-0.25, -0.2) is 9.37 Å². The SMILES string of the molecule is CC(C)(C)Oc1ncccc1F. The van der Waals surface area contributed by atoms with Crippen molar-refractivity contribution >= 4 is 0 Å². The van der Waals surface area contributed by atoms with Crippen LogP contribution in [-0.2, 0) is 0 Å². The minimum Gasteiger partial charge on any atom is -0.470 e. The normalized spacial score (nSPS) is 11.3. The van der Waals surface area contributed by atoms with Gasteiger partial charge in [0.1, 0.15) is 5.60 Å². The second kappa shape index (κ2) is 3.09. The van der Waals surface area contributed by atoms with E-state index < -0.39 is 11.4 Å². The van der Waals surface area contributed by atoms with Crippen LogP contribution in [0.5, 0.6) is 5.88 Å². The zero-order valence-electron chi connectivity index (χ0n) is 7.47. The molecule has 1 aromatic rings. The number of ether oxygens (including phenoxy) is 1. The van der Waals surface area contributed by atoms with Gasteiger partial charge in [-0.05, 0) is 32.9 Å². The first-order chi connectivity index (χ1) is 5.49. The molecule has 0 atom stereocenters. The van der Waals surface area contributed by atoms with E-state index in [0.29, 0.717) is 0 Å². The van der Waals surface area contributed by atoms with Crippen molar-refractivity contribution in [3.63, 3.8) is 0 Å². The molecule has 0 spiro atoms. The van der Waals surface area contributed by atoms with Crippen LogP contribution >= 0.6 is 0 Å². The van der Waals surface area contributed by atoms with E-state index in [1.807, 2.05) is 20.8 Å². The molecule has 12 heavy (non-hydrogen) atoms. The Labute approximate surface area is 71.4 Å². The van der Waals surface area contributed by atoms with E-state index in [2.05, 4.69) is 4.98 Å². The third kappa shape index (κ3) is 2.49. The Kier molecular flexibility index (Phi) is 2.31. The Morgan fingerprint density at radius 1 is 1.42 bits per heavy atom. The van der Waals surface area contributed by atoms with Gasteiger partial charge in [-0.1, -0.05) is 0 Å². The van der Waals surface area contributed by atoms with Crippen LogP contribution in [0.4, 0.5) is 4.39 Å². The molecule has 1 heterocycles.